The molecule has 4 rings (SSSR count). The number of benzene rings is 1. The number of fused-ring (bicyclic) bond motifs is 5. The Hall–Kier alpha value is -2.53. The third-order valence-electron chi connectivity index (χ3n) is 5.97. The summed E-state index contributed by atoms with van der Waals surface area (Å²) in [5, 5.41) is 1.32. The quantitative estimate of drug-likeness (QED) is 0.389. The monoisotopic (exact) mass is 366 g/mol. The van der Waals surface area contributed by atoms with Crippen molar-refractivity contribution < 1.29 is 14.3 Å². The number of piperidine rings is 1. The molecule has 0 bridgehead atoms. The highest BCUT2D eigenvalue weighted by Gasteiger charge is 2.40. The second-order valence-corrected chi connectivity index (χ2v) is 7.25. The highest BCUT2D eigenvalue weighted by molar-refractivity contribution is 5.89. The molecule has 2 aromatic rings. The van der Waals surface area contributed by atoms with Crippen LogP contribution in [0.3, 0.4) is 0 Å². The number of hydrogen-bond acceptors (Lipinski definition) is 4. The standard InChI is InChI=1S/C22H26N2O3/c1-4-14-12-24-10-9-16-15-7-5-6-8-19(15)23-21(16)20(24)11-17(14)18(13-26-2)22(25)27-3/h4-8,13,17,20,23H,9-12H2,1-3H3/b14-4-,18-13-/t17-,20+/m0/s1. The summed E-state index contributed by atoms with van der Waals surface area (Å²) in [5.74, 6) is -0.316. The molecule has 1 aromatic heterocycles. The number of nitrogens with zero attached hydrogens (tertiary/aromatic N) is 1. The van der Waals surface area contributed by atoms with E-state index in [0.717, 1.165) is 25.9 Å². The topological polar surface area (TPSA) is 54.6 Å². The van der Waals surface area contributed by atoms with Crippen molar-refractivity contribution in [3.8, 4) is 0 Å². The third-order valence-corrected chi connectivity index (χ3v) is 5.97. The van der Waals surface area contributed by atoms with Gasteiger partial charge in [0.05, 0.1) is 32.1 Å². The molecule has 2 atom stereocenters. The van der Waals surface area contributed by atoms with Crippen molar-refractivity contribution in [2.24, 2.45) is 5.92 Å². The first-order chi connectivity index (χ1) is 13.2. The average Bonchev–Trinajstić information content (AvgIpc) is 3.09. The van der Waals surface area contributed by atoms with E-state index in [0.29, 0.717) is 5.57 Å². The van der Waals surface area contributed by atoms with Crippen LogP contribution in [0.15, 0.2) is 47.7 Å². The van der Waals surface area contributed by atoms with Crippen molar-refractivity contribution in [1.29, 1.82) is 0 Å². The number of para-hydroxylation sites is 1. The Kier molecular flexibility index (Phi) is 4.79. The molecule has 0 unspecified atom stereocenters. The molecule has 1 fully saturated rings. The van der Waals surface area contributed by atoms with E-state index >= 15 is 0 Å². The van der Waals surface area contributed by atoms with Gasteiger partial charge < -0.3 is 14.5 Å². The molecule has 2 aliphatic rings. The normalized spacial score (nSPS) is 24.6. The molecule has 2 aliphatic heterocycles. The van der Waals surface area contributed by atoms with E-state index in [-0.39, 0.29) is 17.9 Å². The first-order valence-electron chi connectivity index (χ1n) is 9.47. The summed E-state index contributed by atoms with van der Waals surface area (Å²) in [5.41, 5.74) is 5.75. The summed E-state index contributed by atoms with van der Waals surface area (Å²) in [6.07, 6.45) is 5.57. The summed E-state index contributed by atoms with van der Waals surface area (Å²) >= 11 is 0. The number of hydrogen-bond donors (Lipinski definition) is 1. The van der Waals surface area contributed by atoms with Crippen LogP contribution in [0.5, 0.6) is 0 Å². The molecule has 1 aromatic carbocycles. The van der Waals surface area contributed by atoms with Gasteiger partial charge in [0.25, 0.3) is 0 Å². The van der Waals surface area contributed by atoms with E-state index in [9.17, 15) is 4.79 Å². The van der Waals surface area contributed by atoms with Crippen molar-refractivity contribution in [1.82, 2.24) is 9.88 Å². The van der Waals surface area contributed by atoms with Gasteiger partial charge in [-0.2, -0.15) is 0 Å². The van der Waals surface area contributed by atoms with E-state index < -0.39 is 0 Å². The molecule has 142 valence electrons. The van der Waals surface area contributed by atoms with Crippen LogP contribution < -0.4 is 0 Å². The number of carbonyl (C=O) groups excluding carboxylic acids is 1. The highest BCUT2D eigenvalue weighted by atomic mass is 16.5. The number of nitrogens with one attached hydrogen (secondary N) is 1. The molecular formula is C22H26N2O3. The Labute approximate surface area is 159 Å². The molecule has 5 nitrogen and oxygen atoms in total. The zero-order valence-corrected chi connectivity index (χ0v) is 16.1. The maximum Gasteiger partial charge on any atom is 0.337 e. The summed E-state index contributed by atoms with van der Waals surface area (Å²) in [7, 11) is 3.00. The van der Waals surface area contributed by atoms with Crippen LogP contribution in [-0.2, 0) is 20.7 Å². The van der Waals surface area contributed by atoms with Crippen molar-refractivity contribution >= 4 is 16.9 Å². The first-order valence-corrected chi connectivity index (χ1v) is 9.47. The van der Waals surface area contributed by atoms with E-state index in [1.54, 1.807) is 13.4 Å². The zero-order chi connectivity index (χ0) is 19.0. The van der Waals surface area contributed by atoms with Crippen molar-refractivity contribution in [2.45, 2.75) is 25.8 Å². The fourth-order valence-corrected chi connectivity index (χ4v) is 4.68. The maximum atomic E-state index is 12.4. The van der Waals surface area contributed by atoms with E-state index in [2.05, 4.69) is 40.2 Å². The predicted octanol–water partition coefficient (Wildman–Crippen LogP) is 3.74. The SMILES string of the molecule is C/C=C1/CN2CCc3c([nH]c4ccccc34)[C@H]2C[C@@H]1/C(=C/OC)C(=O)OC. The van der Waals surface area contributed by atoms with Crippen LogP contribution in [0.4, 0.5) is 0 Å². The fourth-order valence-electron chi connectivity index (χ4n) is 4.68. The van der Waals surface area contributed by atoms with Gasteiger partial charge in [-0.1, -0.05) is 29.8 Å². The summed E-state index contributed by atoms with van der Waals surface area (Å²) < 4.78 is 10.2. The Morgan fingerprint density at radius 3 is 2.85 bits per heavy atom. The first kappa shape index (κ1) is 17.9. The molecule has 0 amide bonds. The minimum absolute atomic E-state index is 0.000937. The molecule has 1 N–H and O–H groups in total. The van der Waals surface area contributed by atoms with Crippen LogP contribution in [-0.4, -0.2) is 43.2 Å². The number of allylic oxidation sites excluding steroid dienone is 1. The van der Waals surface area contributed by atoms with Crippen LogP contribution in [0.25, 0.3) is 10.9 Å². The number of rotatable bonds is 3. The lowest BCUT2D eigenvalue weighted by molar-refractivity contribution is -0.137. The van der Waals surface area contributed by atoms with Crippen LogP contribution in [0.2, 0.25) is 0 Å². The third kappa shape index (κ3) is 2.96. The van der Waals surface area contributed by atoms with Gasteiger partial charge in [0, 0.05) is 35.6 Å². The van der Waals surface area contributed by atoms with Crippen molar-refractivity contribution in [2.75, 3.05) is 27.3 Å². The van der Waals surface area contributed by atoms with Gasteiger partial charge in [-0.15, -0.1) is 0 Å². The van der Waals surface area contributed by atoms with Gasteiger partial charge in [-0.3, -0.25) is 4.90 Å². The van der Waals surface area contributed by atoms with Gasteiger partial charge in [0.15, 0.2) is 0 Å². The van der Waals surface area contributed by atoms with Crippen molar-refractivity contribution in [3.63, 3.8) is 0 Å². The zero-order valence-electron chi connectivity index (χ0n) is 16.1. The molecule has 27 heavy (non-hydrogen) atoms. The van der Waals surface area contributed by atoms with Crippen LogP contribution in [0.1, 0.15) is 30.6 Å². The second-order valence-electron chi connectivity index (χ2n) is 7.25. The Balaban J connectivity index is 1.75. The highest BCUT2D eigenvalue weighted by Crippen LogP contribution is 2.44. The number of H-pyrrole nitrogens is 1. The molecular weight excluding hydrogens is 340 g/mol. The second kappa shape index (κ2) is 7.24. The van der Waals surface area contributed by atoms with E-state index in [1.165, 1.54) is 34.8 Å². The lowest BCUT2D eigenvalue weighted by Gasteiger charge is -2.44. The predicted molar refractivity (Wildman–Crippen MR) is 105 cm³/mol. The van der Waals surface area contributed by atoms with Gasteiger partial charge in [-0.05, 0) is 31.4 Å². The van der Waals surface area contributed by atoms with Crippen LogP contribution in [0, 0.1) is 5.92 Å². The number of aromatic nitrogens is 1. The van der Waals surface area contributed by atoms with E-state index in [4.69, 9.17) is 9.47 Å². The number of aromatic amines is 1. The molecule has 0 aliphatic carbocycles. The summed E-state index contributed by atoms with van der Waals surface area (Å²) in [6.45, 7) is 3.94. The number of esters is 1. The maximum absolute atomic E-state index is 12.4. The average molecular weight is 366 g/mol. The number of ether oxygens (including phenoxy) is 2. The Morgan fingerprint density at radius 2 is 2.11 bits per heavy atom. The minimum atomic E-state index is -0.317. The largest absolute Gasteiger partial charge is 0.504 e. The van der Waals surface area contributed by atoms with Gasteiger partial charge >= 0.3 is 5.97 Å². The number of methoxy groups -OCH3 is 2. The minimum Gasteiger partial charge on any atom is -0.504 e. The Bertz CT molecular complexity index is 925. The molecule has 5 heteroatoms. The molecule has 1 saturated heterocycles. The van der Waals surface area contributed by atoms with Crippen molar-refractivity contribution in [3.05, 3.63) is 59.0 Å². The summed E-state index contributed by atoms with van der Waals surface area (Å²) in [4.78, 5) is 18.6. The lowest BCUT2D eigenvalue weighted by atomic mass is 9.78. The smallest absolute Gasteiger partial charge is 0.337 e. The molecule has 0 saturated carbocycles. The summed E-state index contributed by atoms with van der Waals surface area (Å²) in [6, 6.07) is 8.77. The van der Waals surface area contributed by atoms with Gasteiger partial charge in [0.1, 0.15) is 0 Å². The van der Waals surface area contributed by atoms with E-state index in [1.807, 2.05) is 6.92 Å². The molecule has 0 spiro atoms. The van der Waals surface area contributed by atoms with Crippen LogP contribution >= 0.6 is 0 Å². The van der Waals surface area contributed by atoms with Gasteiger partial charge in [0.2, 0.25) is 0 Å². The molecule has 0 radical (unpaired) electrons. The van der Waals surface area contributed by atoms with Gasteiger partial charge in [-0.25, -0.2) is 4.79 Å². The lowest BCUT2D eigenvalue weighted by Crippen LogP contribution is -2.43. The fraction of sp³-hybridized carbons (Fsp3) is 0.409. The molecule has 3 heterocycles. The Morgan fingerprint density at radius 1 is 1.30 bits per heavy atom. The number of carbonyl (C=O) groups is 1.